The Bertz CT molecular complexity index is 381. The van der Waals surface area contributed by atoms with Crippen LogP contribution in [-0.4, -0.2) is 41.3 Å². The number of rotatable bonds is 4. The van der Waals surface area contributed by atoms with Crippen molar-refractivity contribution in [2.75, 3.05) is 12.4 Å². The predicted octanol–water partition coefficient (Wildman–Crippen LogP) is 0.0131. The van der Waals surface area contributed by atoms with Gasteiger partial charge in [0.1, 0.15) is 12.4 Å². The fourth-order valence-corrected chi connectivity index (χ4v) is 0.816. The zero-order valence-corrected chi connectivity index (χ0v) is 9.18. The number of aromatic amines is 1. The lowest BCUT2D eigenvalue weighted by Crippen LogP contribution is -2.13. The van der Waals surface area contributed by atoms with E-state index in [0.717, 1.165) is 6.08 Å². The van der Waals surface area contributed by atoms with Crippen LogP contribution in [0.3, 0.4) is 0 Å². The van der Waals surface area contributed by atoms with Gasteiger partial charge in [0.05, 0.1) is 6.33 Å². The number of esters is 1. The molecular formula is C8H12N2O5S. The van der Waals surface area contributed by atoms with E-state index in [1.807, 2.05) is 0 Å². The lowest BCUT2D eigenvalue weighted by atomic mass is 10.6. The van der Waals surface area contributed by atoms with Gasteiger partial charge >= 0.3 is 5.97 Å². The second-order valence-corrected chi connectivity index (χ2v) is 3.99. The molecule has 1 rings (SSSR count). The van der Waals surface area contributed by atoms with Crippen molar-refractivity contribution in [3.05, 3.63) is 31.4 Å². The average Bonchev–Trinajstić information content (AvgIpc) is 2.73. The van der Waals surface area contributed by atoms with E-state index in [4.69, 9.17) is 4.55 Å². The molecule has 0 saturated heterocycles. The number of carbonyl (C=O) groups is 1. The molecular weight excluding hydrogens is 236 g/mol. The molecule has 2 N–H and O–H groups in total. The van der Waals surface area contributed by atoms with E-state index < -0.39 is 21.8 Å². The molecule has 1 aromatic heterocycles. The van der Waals surface area contributed by atoms with Crippen LogP contribution in [0.4, 0.5) is 0 Å². The quantitative estimate of drug-likeness (QED) is 0.441. The third-order valence-corrected chi connectivity index (χ3v) is 1.84. The normalized spacial score (nSPS) is 9.81. The lowest BCUT2D eigenvalue weighted by Gasteiger charge is -1.97. The summed E-state index contributed by atoms with van der Waals surface area (Å²) in [7, 11) is -4.04. The molecule has 0 atom stereocenters. The molecule has 0 radical (unpaired) electrons. The molecule has 0 unspecified atom stereocenters. The second-order valence-electron chi connectivity index (χ2n) is 2.42. The minimum absolute atomic E-state index is 0.357. The molecule has 0 aliphatic rings. The first-order chi connectivity index (χ1) is 7.45. The summed E-state index contributed by atoms with van der Waals surface area (Å²) in [5, 5.41) is 0. The smallest absolute Gasteiger partial charge is 0.330 e. The van der Waals surface area contributed by atoms with E-state index in [9.17, 15) is 13.2 Å². The van der Waals surface area contributed by atoms with Crippen molar-refractivity contribution in [1.82, 2.24) is 9.97 Å². The Morgan fingerprint density at radius 2 is 2.31 bits per heavy atom. The van der Waals surface area contributed by atoms with Gasteiger partial charge in [-0.25, -0.2) is 9.78 Å². The molecule has 0 aliphatic heterocycles. The summed E-state index contributed by atoms with van der Waals surface area (Å²) in [5.74, 6) is -1.30. The first-order valence-corrected chi connectivity index (χ1v) is 5.73. The number of hydrogen-bond donors (Lipinski definition) is 2. The number of imidazole rings is 1. The second kappa shape index (κ2) is 7.60. The molecule has 0 amide bonds. The van der Waals surface area contributed by atoms with Gasteiger partial charge in [-0.05, 0) is 0 Å². The molecule has 1 aromatic rings. The van der Waals surface area contributed by atoms with Crippen molar-refractivity contribution in [1.29, 1.82) is 0 Å². The Labute approximate surface area is 92.9 Å². The topological polar surface area (TPSA) is 109 Å². The number of carbonyl (C=O) groups excluding carboxylic acids is 1. The summed E-state index contributed by atoms with van der Waals surface area (Å²) >= 11 is 0. The monoisotopic (exact) mass is 248 g/mol. The molecule has 0 saturated carbocycles. The van der Waals surface area contributed by atoms with E-state index in [1.54, 1.807) is 18.7 Å². The van der Waals surface area contributed by atoms with Gasteiger partial charge in [-0.2, -0.15) is 8.42 Å². The maximum Gasteiger partial charge on any atom is 0.330 e. The average molecular weight is 248 g/mol. The highest BCUT2D eigenvalue weighted by molar-refractivity contribution is 7.85. The summed E-state index contributed by atoms with van der Waals surface area (Å²) < 4.78 is 32.5. The minimum atomic E-state index is -4.04. The number of nitrogens with one attached hydrogen (secondary N) is 1. The van der Waals surface area contributed by atoms with E-state index in [-0.39, 0.29) is 6.61 Å². The standard InChI is InChI=1S/C5H8O5S.C3H4N2/c1-2-5(6)10-3-4-11(7,8)9;1-2-5-3-4-1/h2H,1,3-4H2,(H,7,8,9);1-3H,(H,4,5). The van der Waals surface area contributed by atoms with Crippen LogP contribution in [-0.2, 0) is 19.6 Å². The van der Waals surface area contributed by atoms with Crippen LogP contribution < -0.4 is 0 Å². The SMILES string of the molecule is C=CC(=O)OCCS(=O)(=O)O.c1c[nH]cn1. The summed E-state index contributed by atoms with van der Waals surface area (Å²) in [4.78, 5) is 16.7. The Morgan fingerprint density at radius 3 is 2.62 bits per heavy atom. The van der Waals surface area contributed by atoms with E-state index in [2.05, 4.69) is 21.3 Å². The highest BCUT2D eigenvalue weighted by Gasteiger charge is 2.04. The van der Waals surface area contributed by atoms with Crippen molar-refractivity contribution in [3.8, 4) is 0 Å². The van der Waals surface area contributed by atoms with E-state index in [1.165, 1.54) is 0 Å². The zero-order chi connectivity index (χ0) is 12.4. The third kappa shape index (κ3) is 10.4. The fourth-order valence-electron chi connectivity index (χ4n) is 0.522. The molecule has 8 heteroatoms. The Kier molecular flexibility index (Phi) is 6.81. The van der Waals surface area contributed by atoms with Gasteiger partial charge in [-0.15, -0.1) is 0 Å². The van der Waals surface area contributed by atoms with Gasteiger partial charge in [-0.3, -0.25) is 4.55 Å². The first kappa shape index (κ1) is 14.3. The molecule has 7 nitrogen and oxygen atoms in total. The fraction of sp³-hybridized carbons (Fsp3) is 0.250. The zero-order valence-electron chi connectivity index (χ0n) is 8.37. The minimum Gasteiger partial charge on any atom is -0.461 e. The number of hydrogen-bond acceptors (Lipinski definition) is 5. The van der Waals surface area contributed by atoms with Gasteiger partial charge < -0.3 is 9.72 Å². The van der Waals surface area contributed by atoms with Crippen molar-refractivity contribution >= 4 is 16.1 Å². The van der Waals surface area contributed by atoms with Gasteiger partial charge in [0.25, 0.3) is 10.1 Å². The number of aromatic nitrogens is 2. The maximum absolute atomic E-state index is 10.3. The summed E-state index contributed by atoms with van der Waals surface area (Å²) in [6, 6.07) is 0. The lowest BCUT2D eigenvalue weighted by molar-refractivity contribution is -0.137. The molecule has 0 fully saturated rings. The summed E-state index contributed by atoms with van der Waals surface area (Å²) in [6.45, 7) is 2.73. The Morgan fingerprint density at radius 1 is 1.62 bits per heavy atom. The van der Waals surface area contributed by atoms with Crippen LogP contribution in [0.5, 0.6) is 0 Å². The maximum atomic E-state index is 10.3. The molecule has 90 valence electrons. The largest absolute Gasteiger partial charge is 0.461 e. The summed E-state index contributed by atoms with van der Waals surface area (Å²) in [6.07, 6.45) is 5.99. The Hall–Kier alpha value is -1.67. The van der Waals surface area contributed by atoms with Gasteiger partial charge in [0.2, 0.25) is 0 Å². The van der Waals surface area contributed by atoms with Crippen molar-refractivity contribution in [3.63, 3.8) is 0 Å². The summed E-state index contributed by atoms with van der Waals surface area (Å²) in [5.41, 5.74) is 0. The van der Waals surface area contributed by atoms with Crippen LogP contribution >= 0.6 is 0 Å². The molecule has 0 bridgehead atoms. The van der Waals surface area contributed by atoms with Crippen LogP contribution in [0.2, 0.25) is 0 Å². The molecule has 16 heavy (non-hydrogen) atoms. The van der Waals surface area contributed by atoms with Crippen LogP contribution in [0.25, 0.3) is 0 Å². The predicted molar refractivity (Wildman–Crippen MR) is 56.2 cm³/mol. The van der Waals surface area contributed by atoms with Crippen LogP contribution in [0.1, 0.15) is 0 Å². The molecule has 1 heterocycles. The van der Waals surface area contributed by atoms with Crippen molar-refractivity contribution < 1.29 is 22.5 Å². The third-order valence-electron chi connectivity index (χ3n) is 1.16. The van der Waals surface area contributed by atoms with Gasteiger partial charge in [0.15, 0.2) is 0 Å². The highest BCUT2D eigenvalue weighted by Crippen LogP contribution is 1.84. The van der Waals surface area contributed by atoms with Crippen LogP contribution in [0, 0.1) is 0 Å². The molecule has 0 aliphatic carbocycles. The highest BCUT2D eigenvalue weighted by atomic mass is 32.2. The van der Waals surface area contributed by atoms with Gasteiger partial charge in [-0.1, -0.05) is 6.58 Å². The van der Waals surface area contributed by atoms with Gasteiger partial charge in [0, 0.05) is 18.5 Å². The molecule has 0 spiro atoms. The van der Waals surface area contributed by atoms with Crippen molar-refractivity contribution in [2.24, 2.45) is 0 Å². The van der Waals surface area contributed by atoms with E-state index in [0.29, 0.717) is 0 Å². The van der Waals surface area contributed by atoms with Crippen LogP contribution in [0.15, 0.2) is 31.4 Å². The molecule has 0 aromatic carbocycles. The number of H-pyrrole nitrogens is 1. The Balaban J connectivity index is 0.000000368. The number of ether oxygens (including phenoxy) is 1. The van der Waals surface area contributed by atoms with E-state index >= 15 is 0 Å². The number of nitrogens with zero attached hydrogens (tertiary/aromatic N) is 1. The van der Waals surface area contributed by atoms with Crippen molar-refractivity contribution in [2.45, 2.75) is 0 Å². The first-order valence-electron chi connectivity index (χ1n) is 4.13.